The molecule has 0 saturated heterocycles. The Labute approximate surface area is 106 Å². The van der Waals surface area contributed by atoms with Gasteiger partial charge in [0.1, 0.15) is 0 Å². The summed E-state index contributed by atoms with van der Waals surface area (Å²) in [5.41, 5.74) is 6.86. The molecule has 4 unspecified atom stereocenters. The third-order valence-corrected chi connectivity index (χ3v) is 4.81. The van der Waals surface area contributed by atoms with E-state index in [0.29, 0.717) is 5.92 Å². The monoisotopic (exact) mass is 251 g/mol. The highest BCUT2D eigenvalue weighted by atomic mass is 19.2. The van der Waals surface area contributed by atoms with Crippen LogP contribution in [0.5, 0.6) is 0 Å². The lowest BCUT2D eigenvalue weighted by molar-refractivity contribution is 0.296. The second-order valence-electron chi connectivity index (χ2n) is 5.95. The van der Waals surface area contributed by atoms with Gasteiger partial charge < -0.3 is 5.73 Å². The van der Waals surface area contributed by atoms with Crippen LogP contribution in [0.25, 0.3) is 0 Å². The van der Waals surface area contributed by atoms with E-state index < -0.39 is 11.6 Å². The van der Waals surface area contributed by atoms with Crippen LogP contribution < -0.4 is 5.73 Å². The van der Waals surface area contributed by atoms with Crippen LogP contribution in [-0.4, -0.2) is 0 Å². The molecule has 0 aliphatic heterocycles. The molecule has 0 radical (unpaired) electrons. The number of hydrogen-bond donors (Lipinski definition) is 1. The predicted molar refractivity (Wildman–Crippen MR) is 66.8 cm³/mol. The molecule has 2 N–H and O–H groups in total. The third-order valence-electron chi connectivity index (χ3n) is 4.81. The van der Waals surface area contributed by atoms with Crippen LogP contribution in [0.15, 0.2) is 18.2 Å². The van der Waals surface area contributed by atoms with Gasteiger partial charge in [0.15, 0.2) is 11.6 Å². The number of rotatable bonds is 3. The highest BCUT2D eigenvalue weighted by molar-refractivity contribution is 5.21. The summed E-state index contributed by atoms with van der Waals surface area (Å²) in [6.07, 6.45) is 6.25. The van der Waals surface area contributed by atoms with Crippen molar-refractivity contribution >= 4 is 0 Å². The summed E-state index contributed by atoms with van der Waals surface area (Å²) < 4.78 is 26.0. The lowest BCUT2D eigenvalue weighted by atomic mass is 9.83. The van der Waals surface area contributed by atoms with Crippen LogP contribution in [0, 0.1) is 29.4 Å². The second-order valence-corrected chi connectivity index (χ2v) is 5.95. The number of nitrogens with two attached hydrogens (primary N) is 1. The topological polar surface area (TPSA) is 26.0 Å². The van der Waals surface area contributed by atoms with E-state index in [-0.39, 0.29) is 6.04 Å². The van der Waals surface area contributed by atoms with Crippen molar-refractivity contribution in [1.82, 2.24) is 0 Å². The van der Waals surface area contributed by atoms with Crippen LogP contribution >= 0.6 is 0 Å². The van der Waals surface area contributed by atoms with Gasteiger partial charge >= 0.3 is 0 Å². The largest absolute Gasteiger partial charge is 0.324 e. The van der Waals surface area contributed by atoms with Crippen LogP contribution in [0.3, 0.4) is 0 Å². The molecule has 98 valence electrons. The van der Waals surface area contributed by atoms with E-state index in [9.17, 15) is 8.78 Å². The molecule has 1 aromatic rings. The number of fused-ring (bicyclic) bond motifs is 2. The molecule has 18 heavy (non-hydrogen) atoms. The van der Waals surface area contributed by atoms with Gasteiger partial charge in [-0.25, -0.2) is 8.78 Å². The Morgan fingerprint density at radius 2 is 2.00 bits per heavy atom. The predicted octanol–water partition coefficient (Wildman–Crippen LogP) is 3.79. The highest BCUT2D eigenvalue weighted by Gasteiger charge is 2.39. The maximum absolute atomic E-state index is 13.2. The van der Waals surface area contributed by atoms with E-state index in [2.05, 4.69) is 0 Å². The molecule has 2 saturated carbocycles. The van der Waals surface area contributed by atoms with Gasteiger partial charge in [0.05, 0.1) is 0 Å². The van der Waals surface area contributed by atoms with Crippen molar-refractivity contribution in [2.24, 2.45) is 23.5 Å². The van der Waals surface area contributed by atoms with Crippen molar-refractivity contribution in [2.45, 2.75) is 38.1 Å². The van der Waals surface area contributed by atoms with Crippen molar-refractivity contribution in [3.63, 3.8) is 0 Å². The lowest BCUT2D eigenvalue weighted by Gasteiger charge is -2.25. The first-order chi connectivity index (χ1) is 8.63. The molecule has 0 amide bonds. The average Bonchev–Trinajstić information content (AvgIpc) is 2.94. The average molecular weight is 251 g/mol. The highest BCUT2D eigenvalue weighted by Crippen LogP contribution is 2.50. The zero-order valence-corrected chi connectivity index (χ0v) is 10.4. The minimum atomic E-state index is -0.800. The number of benzene rings is 1. The molecule has 1 nitrogen and oxygen atoms in total. The Morgan fingerprint density at radius 1 is 1.17 bits per heavy atom. The van der Waals surface area contributed by atoms with Crippen molar-refractivity contribution in [2.75, 3.05) is 0 Å². The summed E-state index contributed by atoms with van der Waals surface area (Å²) >= 11 is 0. The number of halogens is 2. The Morgan fingerprint density at radius 3 is 2.61 bits per heavy atom. The van der Waals surface area contributed by atoms with Crippen LogP contribution in [-0.2, 0) is 0 Å². The van der Waals surface area contributed by atoms with E-state index >= 15 is 0 Å². The van der Waals surface area contributed by atoms with Gasteiger partial charge in [0, 0.05) is 6.04 Å². The Bertz CT molecular complexity index is 446. The third kappa shape index (κ3) is 2.16. The lowest BCUT2D eigenvalue weighted by Crippen LogP contribution is -2.19. The summed E-state index contributed by atoms with van der Waals surface area (Å²) in [6.45, 7) is 0. The fourth-order valence-corrected chi connectivity index (χ4v) is 3.87. The number of hydrogen-bond acceptors (Lipinski definition) is 1. The molecule has 2 aliphatic carbocycles. The van der Waals surface area contributed by atoms with E-state index in [0.717, 1.165) is 23.8 Å². The molecule has 3 heteroatoms. The van der Waals surface area contributed by atoms with E-state index in [1.165, 1.54) is 37.8 Å². The van der Waals surface area contributed by atoms with Crippen LogP contribution in [0.4, 0.5) is 8.78 Å². The molecule has 0 aromatic heterocycles. The van der Waals surface area contributed by atoms with Gasteiger partial charge in [-0.3, -0.25) is 0 Å². The fraction of sp³-hybridized carbons (Fsp3) is 0.600. The molecule has 2 aliphatic rings. The normalized spacial score (nSPS) is 31.8. The molecule has 1 aromatic carbocycles. The van der Waals surface area contributed by atoms with Gasteiger partial charge in [-0.2, -0.15) is 0 Å². The SMILES string of the molecule is NC(CC1CC2CCC1C2)c1ccc(F)c(F)c1. The first kappa shape index (κ1) is 12.1. The maximum atomic E-state index is 13.2. The Hall–Kier alpha value is -0.960. The molecular weight excluding hydrogens is 232 g/mol. The van der Waals surface area contributed by atoms with Gasteiger partial charge in [0.25, 0.3) is 0 Å². The standard InChI is InChI=1S/C15H19F2N/c16-13-4-3-11(7-14(13)17)15(18)8-12-6-9-1-2-10(12)5-9/h3-4,7,9-10,12,15H,1-2,5-6,8,18H2. The molecule has 0 spiro atoms. The fourth-order valence-electron chi connectivity index (χ4n) is 3.87. The Balaban J connectivity index is 1.67. The van der Waals surface area contributed by atoms with Crippen LogP contribution in [0.2, 0.25) is 0 Å². The van der Waals surface area contributed by atoms with E-state index in [1.54, 1.807) is 6.07 Å². The smallest absolute Gasteiger partial charge is 0.159 e. The van der Waals surface area contributed by atoms with Crippen molar-refractivity contribution in [3.8, 4) is 0 Å². The Kier molecular flexibility index (Phi) is 3.10. The van der Waals surface area contributed by atoms with Gasteiger partial charge in [-0.1, -0.05) is 12.5 Å². The summed E-state index contributed by atoms with van der Waals surface area (Å²) in [4.78, 5) is 0. The summed E-state index contributed by atoms with van der Waals surface area (Å²) in [6, 6.07) is 3.86. The maximum Gasteiger partial charge on any atom is 0.159 e. The van der Waals surface area contributed by atoms with Crippen molar-refractivity contribution < 1.29 is 8.78 Å². The molecule has 4 atom stereocenters. The first-order valence-electron chi connectivity index (χ1n) is 6.84. The zero-order valence-electron chi connectivity index (χ0n) is 10.4. The summed E-state index contributed by atoms with van der Waals surface area (Å²) in [5.74, 6) is 0.817. The zero-order chi connectivity index (χ0) is 12.7. The molecule has 0 heterocycles. The minimum Gasteiger partial charge on any atom is -0.324 e. The quantitative estimate of drug-likeness (QED) is 0.869. The van der Waals surface area contributed by atoms with E-state index in [4.69, 9.17) is 5.73 Å². The van der Waals surface area contributed by atoms with Crippen molar-refractivity contribution in [1.29, 1.82) is 0 Å². The molecular formula is C15H19F2N. The molecule has 2 bridgehead atoms. The summed E-state index contributed by atoms with van der Waals surface area (Å²) in [5, 5.41) is 0. The van der Waals surface area contributed by atoms with Gasteiger partial charge in [-0.05, 0) is 61.1 Å². The summed E-state index contributed by atoms with van der Waals surface area (Å²) in [7, 11) is 0. The van der Waals surface area contributed by atoms with Gasteiger partial charge in [-0.15, -0.1) is 0 Å². The molecule has 3 rings (SSSR count). The first-order valence-corrected chi connectivity index (χ1v) is 6.84. The molecule has 2 fully saturated rings. The minimum absolute atomic E-state index is 0.163. The second kappa shape index (κ2) is 4.61. The van der Waals surface area contributed by atoms with E-state index in [1.807, 2.05) is 0 Å². The van der Waals surface area contributed by atoms with Gasteiger partial charge in [0.2, 0.25) is 0 Å². The van der Waals surface area contributed by atoms with Crippen molar-refractivity contribution in [3.05, 3.63) is 35.4 Å². The van der Waals surface area contributed by atoms with Crippen LogP contribution in [0.1, 0.15) is 43.7 Å².